The van der Waals surface area contributed by atoms with Crippen molar-refractivity contribution in [2.45, 2.75) is 38.1 Å². The van der Waals surface area contributed by atoms with Gasteiger partial charge in [-0.3, -0.25) is 19.2 Å². The van der Waals surface area contributed by atoms with Gasteiger partial charge in [0.2, 0.25) is 12.2 Å². The molecular weight excluding hydrogens is 512 g/mol. The fourth-order valence-corrected chi connectivity index (χ4v) is 4.30. The van der Waals surface area contributed by atoms with Gasteiger partial charge in [0, 0.05) is 24.8 Å². The summed E-state index contributed by atoms with van der Waals surface area (Å²) in [7, 11) is 0. The number of carbonyl (C=O) groups excluding carboxylic acids is 3. The zero-order valence-corrected chi connectivity index (χ0v) is 21.3. The number of esters is 1. The molecule has 1 aliphatic heterocycles. The van der Waals surface area contributed by atoms with Crippen LogP contribution < -0.4 is 21.9 Å². The highest BCUT2D eigenvalue weighted by Gasteiger charge is 2.38. The van der Waals surface area contributed by atoms with Gasteiger partial charge in [0.25, 0.3) is 11.5 Å². The van der Waals surface area contributed by atoms with E-state index in [1.54, 1.807) is 13.0 Å². The van der Waals surface area contributed by atoms with Crippen LogP contribution in [0.1, 0.15) is 35.3 Å². The standard InChI is InChI=1S/C27H27ClN4O6/c1-2-37-27-21(15-23(33)38-27)31-25(35)22(13-16-7-4-3-5-8-16)32-12-6-9-20(26(32)36)30-24(34)17-10-11-19(29)18(28)14-17/h3-12,14,21-22,27H,2,13,15,29H2,1H3,(H,30,34)(H,31,35)/t21-,22?,27?/m0/s1. The zero-order chi connectivity index (χ0) is 27.2. The van der Waals surface area contributed by atoms with Gasteiger partial charge in [0.05, 0.1) is 17.1 Å². The molecule has 2 unspecified atom stereocenters. The van der Waals surface area contributed by atoms with E-state index in [9.17, 15) is 19.2 Å². The van der Waals surface area contributed by atoms with E-state index in [-0.39, 0.29) is 35.7 Å². The van der Waals surface area contributed by atoms with E-state index in [2.05, 4.69) is 10.6 Å². The highest BCUT2D eigenvalue weighted by atomic mass is 35.5. The molecule has 2 amide bonds. The lowest BCUT2D eigenvalue weighted by Crippen LogP contribution is -2.46. The largest absolute Gasteiger partial charge is 0.433 e. The Morgan fingerprint density at radius 3 is 2.63 bits per heavy atom. The number of pyridine rings is 1. The Morgan fingerprint density at radius 2 is 1.92 bits per heavy atom. The average molecular weight is 539 g/mol. The fraction of sp³-hybridized carbons (Fsp3) is 0.259. The molecule has 38 heavy (non-hydrogen) atoms. The van der Waals surface area contributed by atoms with Crippen molar-refractivity contribution in [2.75, 3.05) is 17.7 Å². The number of halogens is 1. The van der Waals surface area contributed by atoms with E-state index in [1.165, 1.54) is 35.0 Å². The molecule has 1 aromatic heterocycles. The summed E-state index contributed by atoms with van der Waals surface area (Å²) >= 11 is 6.03. The first-order valence-electron chi connectivity index (χ1n) is 12.0. The number of aromatic nitrogens is 1. The number of ether oxygens (including phenoxy) is 2. The topological polar surface area (TPSA) is 142 Å². The summed E-state index contributed by atoms with van der Waals surface area (Å²) in [5, 5.41) is 5.60. The number of hydrogen-bond donors (Lipinski definition) is 3. The van der Waals surface area contributed by atoms with Gasteiger partial charge in [-0.2, -0.15) is 0 Å². The summed E-state index contributed by atoms with van der Waals surface area (Å²) in [5.74, 6) is -1.55. The smallest absolute Gasteiger partial charge is 0.310 e. The quantitative estimate of drug-likeness (QED) is 0.281. The molecule has 3 atom stereocenters. The first-order valence-corrected chi connectivity index (χ1v) is 12.4. The van der Waals surface area contributed by atoms with Crippen LogP contribution in [0, 0.1) is 0 Å². The monoisotopic (exact) mass is 538 g/mol. The van der Waals surface area contributed by atoms with Crippen molar-refractivity contribution in [3.05, 3.63) is 93.4 Å². The van der Waals surface area contributed by atoms with Crippen LogP contribution in [0.2, 0.25) is 5.02 Å². The Bertz CT molecular complexity index is 1390. The van der Waals surface area contributed by atoms with Crippen molar-refractivity contribution >= 4 is 40.8 Å². The zero-order valence-electron chi connectivity index (χ0n) is 20.6. The van der Waals surface area contributed by atoms with E-state index >= 15 is 0 Å². The van der Waals surface area contributed by atoms with Crippen molar-refractivity contribution in [1.29, 1.82) is 0 Å². The lowest BCUT2D eigenvalue weighted by Gasteiger charge is -2.24. The molecule has 2 heterocycles. The Kier molecular flexibility index (Phi) is 8.45. The Labute approximate surface area is 223 Å². The van der Waals surface area contributed by atoms with Gasteiger partial charge in [-0.25, -0.2) is 0 Å². The Morgan fingerprint density at radius 1 is 1.16 bits per heavy atom. The molecule has 1 fully saturated rings. The van der Waals surface area contributed by atoms with Crippen LogP contribution in [0.5, 0.6) is 0 Å². The third kappa shape index (κ3) is 6.21. The average Bonchev–Trinajstić information content (AvgIpc) is 3.24. The van der Waals surface area contributed by atoms with Crippen LogP contribution in [0.25, 0.3) is 0 Å². The van der Waals surface area contributed by atoms with Crippen LogP contribution in [-0.4, -0.2) is 41.3 Å². The summed E-state index contributed by atoms with van der Waals surface area (Å²) in [6.07, 6.45) is 0.687. The van der Waals surface area contributed by atoms with E-state index in [0.717, 1.165) is 5.56 Å². The number of carbonyl (C=O) groups is 3. The number of cyclic esters (lactones) is 1. The molecule has 1 saturated heterocycles. The van der Waals surface area contributed by atoms with Crippen molar-refractivity contribution < 1.29 is 23.9 Å². The third-order valence-electron chi connectivity index (χ3n) is 6.02. The number of nitrogens with zero attached hydrogens (tertiary/aromatic N) is 1. The van der Waals surface area contributed by atoms with Gasteiger partial charge in [0.1, 0.15) is 17.8 Å². The first-order chi connectivity index (χ1) is 18.3. The van der Waals surface area contributed by atoms with Crippen LogP contribution in [0.15, 0.2) is 71.7 Å². The molecule has 0 bridgehead atoms. The second-order valence-corrected chi connectivity index (χ2v) is 9.07. The lowest BCUT2D eigenvalue weighted by atomic mass is 10.0. The molecular formula is C27H27ClN4O6. The SMILES string of the molecule is CCOC1OC(=O)C[C@@H]1NC(=O)C(Cc1ccccc1)n1cccc(NC(=O)c2ccc(N)c(Cl)c2)c1=O. The predicted octanol–water partition coefficient (Wildman–Crippen LogP) is 2.91. The molecule has 11 heteroatoms. The molecule has 1 aliphatic rings. The van der Waals surface area contributed by atoms with Crippen molar-refractivity contribution in [3.8, 4) is 0 Å². The Balaban J connectivity index is 1.63. The summed E-state index contributed by atoms with van der Waals surface area (Å²) in [6.45, 7) is 2.04. The second-order valence-electron chi connectivity index (χ2n) is 8.66. The minimum absolute atomic E-state index is 0.0251. The van der Waals surface area contributed by atoms with E-state index < -0.39 is 41.7 Å². The number of nitrogen functional groups attached to an aromatic ring is 1. The van der Waals surface area contributed by atoms with Crippen molar-refractivity contribution in [2.24, 2.45) is 0 Å². The molecule has 0 spiro atoms. The van der Waals surface area contributed by atoms with Gasteiger partial charge < -0.3 is 30.4 Å². The number of benzene rings is 2. The fourth-order valence-electron chi connectivity index (χ4n) is 4.12. The highest BCUT2D eigenvalue weighted by molar-refractivity contribution is 6.33. The third-order valence-corrected chi connectivity index (χ3v) is 6.34. The summed E-state index contributed by atoms with van der Waals surface area (Å²) < 4.78 is 11.8. The lowest BCUT2D eigenvalue weighted by molar-refractivity contribution is -0.164. The summed E-state index contributed by atoms with van der Waals surface area (Å²) in [6, 6.07) is 14.9. The predicted molar refractivity (Wildman–Crippen MR) is 142 cm³/mol. The minimum atomic E-state index is -0.995. The van der Waals surface area contributed by atoms with Gasteiger partial charge in [-0.05, 0) is 42.8 Å². The molecule has 2 aromatic carbocycles. The number of anilines is 2. The van der Waals surface area contributed by atoms with Crippen LogP contribution in [0.3, 0.4) is 0 Å². The maximum Gasteiger partial charge on any atom is 0.310 e. The van der Waals surface area contributed by atoms with Gasteiger partial charge in [-0.1, -0.05) is 41.9 Å². The maximum absolute atomic E-state index is 13.5. The number of amides is 2. The van der Waals surface area contributed by atoms with Crippen molar-refractivity contribution in [3.63, 3.8) is 0 Å². The van der Waals surface area contributed by atoms with Crippen LogP contribution in [-0.2, 0) is 25.5 Å². The number of hydrogen-bond acceptors (Lipinski definition) is 7. The molecule has 0 aliphatic carbocycles. The molecule has 10 nitrogen and oxygen atoms in total. The summed E-state index contributed by atoms with van der Waals surface area (Å²) in [4.78, 5) is 51.6. The normalized spacial score (nSPS) is 17.5. The van der Waals surface area contributed by atoms with Gasteiger partial charge in [0.15, 0.2) is 0 Å². The van der Waals surface area contributed by atoms with Crippen LogP contribution >= 0.6 is 11.6 Å². The molecule has 0 saturated carbocycles. The first kappa shape index (κ1) is 26.9. The van der Waals surface area contributed by atoms with E-state index in [0.29, 0.717) is 5.69 Å². The van der Waals surface area contributed by atoms with Gasteiger partial charge in [-0.15, -0.1) is 0 Å². The molecule has 0 radical (unpaired) electrons. The number of rotatable bonds is 9. The van der Waals surface area contributed by atoms with Crippen molar-refractivity contribution in [1.82, 2.24) is 9.88 Å². The summed E-state index contributed by atoms with van der Waals surface area (Å²) in [5.41, 5.74) is 6.45. The van der Waals surface area contributed by atoms with Gasteiger partial charge >= 0.3 is 5.97 Å². The maximum atomic E-state index is 13.5. The molecule has 4 rings (SSSR count). The molecule has 4 N–H and O–H groups in total. The highest BCUT2D eigenvalue weighted by Crippen LogP contribution is 2.22. The van der Waals surface area contributed by atoms with E-state index in [1.807, 2.05) is 30.3 Å². The number of nitrogens with two attached hydrogens (primary N) is 1. The molecule has 3 aromatic rings. The number of nitrogens with one attached hydrogen (secondary N) is 2. The van der Waals surface area contributed by atoms with E-state index in [4.69, 9.17) is 26.8 Å². The second kappa shape index (κ2) is 11.9. The molecule has 198 valence electrons. The Hall–Kier alpha value is -4.15. The van der Waals surface area contributed by atoms with Crippen LogP contribution in [0.4, 0.5) is 11.4 Å². The minimum Gasteiger partial charge on any atom is -0.433 e.